The summed E-state index contributed by atoms with van der Waals surface area (Å²) in [6, 6.07) is 62.7. The molecule has 0 unspecified atom stereocenters. The van der Waals surface area contributed by atoms with Crippen LogP contribution in [0.15, 0.2) is 207 Å². The first-order valence-electron chi connectivity index (χ1n) is 18.7. The molecule has 6 nitrogen and oxygen atoms in total. The van der Waals surface area contributed by atoms with Crippen molar-refractivity contribution in [2.45, 2.75) is 0 Å². The third-order valence-electron chi connectivity index (χ3n) is 9.99. The van der Waals surface area contributed by atoms with E-state index in [0.29, 0.717) is 11.4 Å². The van der Waals surface area contributed by atoms with Gasteiger partial charge in [-0.2, -0.15) is 0 Å². The third kappa shape index (κ3) is 7.35. The first kappa shape index (κ1) is 35.2. The lowest BCUT2D eigenvalue weighted by atomic mass is 10.0. The number of benzene rings is 6. The predicted molar refractivity (Wildman–Crippen MR) is 240 cm³/mol. The summed E-state index contributed by atoms with van der Waals surface area (Å²) in [7, 11) is 0. The minimum Gasteiger partial charge on any atom is -0.397 e. The van der Waals surface area contributed by atoms with Gasteiger partial charge in [0.1, 0.15) is 0 Å². The summed E-state index contributed by atoms with van der Waals surface area (Å²) in [4.78, 5) is 15.4. The zero-order valence-corrected chi connectivity index (χ0v) is 31.8. The van der Waals surface area contributed by atoms with Crippen LogP contribution in [0.25, 0.3) is 43.1 Å². The molecule has 0 radical (unpaired) electrons. The van der Waals surface area contributed by atoms with Gasteiger partial charge in [0, 0.05) is 33.5 Å². The maximum absolute atomic E-state index is 6.89. The lowest BCUT2D eigenvalue weighted by molar-refractivity contribution is 1.23. The molecule has 0 fully saturated rings. The average molecular weight is 755 g/mol. The molecule has 0 saturated carbocycles. The molecule has 9 aromatic rings. The Morgan fingerprint density at radius 1 is 0.351 bits per heavy atom. The molecule has 3 heterocycles. The maximum atomic E-state index is 6.89. The molecule has 0 aliphatic rings. The Bertz CT molecular complexity index is 2550. The second kappa shape index (κ2) is 15.7. The van der Waals surface area contributed by atoms with Crippen LogP contribution in [-0.2, 0) is 0 Å². The Kier molecular flexibility index (Phi) is 9.71. The molecule has 0 bridgehead atoms. The highest BCUT2D eigenvalue weighted by molar-refractivity contribution is 7.18. The van der Waals surface area contributed by atoms with Crippen LogP contribution in [0.3, 0.4) is 0 Å². The third-order valence-corrected chi connectivity index (χ3v) is 11.2. The van der Waals surface area contributed by atoms with Gasteiger partial charge in [-0.25, -0.2) is 0 Å². The first-order valence-corrected chi connectivity index (χ1v) is 19.5. The maximum Gasteiger partial charge on any atom is 0.0692 e. The van der Waals surface area contributed by atoms with E-state index in [1.165, 1.54) is 11.1 Å². The van der Waals surface area contributed by atoms with Crippen LogP contribution in [0, 0.1) is 0 Å². The van der Waals surface area contributed by atoms with E-state index in [9.17, 15) is 0 Å². The van der Waals surface area contributed by atoms with Crippen molar-refractivity contribution < 1.29 is 0 Å². The van der Waals surface area contributed by atoms with Gasteiger partial charge in [-0.15, -0.1) is 11.3 Å². The SMILES string of the molecule is Nc1cc(-c2ccc(-c3ccc(N(c4ccc(-c5ccccc5)cc4)c4cccnc4)c(N)c3)s2)ccc1N(c1ccc(-c2ccccc2)cc1)c1cccnc1. The molecule has 0 atom stereocenters. The Hall–Kier alpha value is -7.48. The van der Waals surface area contributed by atoms with Gasteiger partial charge in [0.2, 0.25) is 0 Å². The number of hydrogen-bond donors (Lipinski definition) is 2. The van der Waals surface area contributed by atoms with E-state index >= 15 is 0 Å². The fourth-order valence-electron chi connectivity index (χ4n) is 7.16. The molecule has 0 amide bonds. The van der Waals surface area contributed by atoms with E-state index in [1.807, 2.05) is 48.8 Å². The topological polar surface area (TPSA) is 84.3 Å². The molecule has 274 valence electrons. The van der Waals surface area contributed by atoms with Gasteiger partial charge >= 0.3 is 0 Å². The summed E-state index contributed by atoms with van der Waals surface area (Å²) >= 11 is 1.71. The summed E-state index contributed by atoms with van der Waals surface area (Å²) in [5, 5.41) is 0. The summed E-state index contributed by atoms with van der Waals surface area (Å²) in [5.74, 6) is 0. The normalized spacial score (nSPS) is 10.9. The Balaban J connectivity index is 0.997. The van der Waals surface area contributed by atoms with Gasteiger partial charge in [0.05, 0.1) is 46.5 Å². The minimum atomic E-state index is 0.666. The number of nitrogens with two attached hydrogens (primary N) is 2. The molecular formula is C50H38N6S. The highest BCUT2D eigenvalue weighted by atomic mass is 32.1. The second-order valence-electron chi connectivity index (χ2n) is 13.6. The van der Waals surface area contributed by atoms with Crippen molar-refractivity contribution in [2.24, 2.45) is 0 Å². The van der Waals surface area contributed by atoms with Gasteiger partial charge in [-0.3, -0.25) is 9.97 Å². The fourth-order valence-corrected chi connectivity index (χ4v) is 8.16. The highest BCUT2D eigenvalue weighted by Crippen LogP contribution is 2.44. The second-order valence-corrected chi connectivity index (χ2v) is 14.7. The number of pyridine rings is 2. The van der Waals surface area contributed by atoms with Gasteiger partial charge < -0.3 is 21.3 Å². The highest BCUT2D eigenvalue weighted by Gasteiger charge is 2.19. The van der Waals surface area contributed by atoms with E-state index in [2.05, 4.69) is 165 Å². The summed E-state index contributed by atoms with van der Waals surface area (Å²) in [5.41, 5.74) is 27.5. The van der Waals surface area contributed by atoms with Crippen LogP contribution < -0.4 is 21.3 Å². The Labute approximate surface area is 336 Å². The molecule has 6 aromatic carbocycles. The first-order chi connectivity index (χ1) is 28.1. The lowest BCUT2D eigenvalue weighted by Gasteiger charge is -2.27. The number of anilines is 8. The Morgan fingerprint density at radius 2 is 0.737 bits per heavy atom. The summed E-state index contributed by atoms with van der Waals surface area (Å²) in [6.45, 7) is 0. The zero-order valence-electron chi connectivity index (χ0n) is 31.0. The molecule has 0 spiro atoms. The van der Waals surface area contributed by atoms with Crippen LogP contribution >= 0.6 is 11.3 Å². The van der Waals surface area contributed by atoms with E-state index in [0.717, 1.165) is 66.1 Å². The largest absolute Gasteiger partial charge is 0.397 e. The average Bonchev–Trinajstić information content (AvgIpc) is 3.78. The van der Waals surface area contributed by atoms with E-state index in [-0.39, 0.29) is 0 Å². The van der Waals surface area contributed by atoms with E-state index in [4.69, 9.17) is 11.5 Å². The number of aromatic nitrogens is 2. The van der Waals surface area contributed by atoms with Crippen LogP contribution in [0.2, 0.25) is 0 Å². The van der Waals surface area contributed by atoms with Crippen molar-refractivity contribution in [1.82, 2.24) is 9.97 Å². The van der Waals surface area contributed by atoms with Crippen molar-refractivity contribution >= 4 is 56.8 Å². The number of thiophene rings is 1. The molecular weight excluding hydrogens is 717 g/mol. The van der Waals surface area contributed by atoms with Crippen molar-refractivity contribution in [3.63, 3.8) is 0 Å². The van der Waals surface area contributed by atoms with Gasteiger partial charge in [0.15, 0.2) is 0 Å². The van der Waals surface area contributed by atoms with Crippen LogP contribution in [0.4, 0.5) is 45.5 Å². The van der Waals surface area contributed by atoms with Crippen molar-refractivity contribution in [3.05, 3.63) is 207 Å². The van der Waals surface area contributed by atoms with Crippen molar-refractivity contribution in [1.29, 1.82) is 0 Å². The van der Waals surface area contributed by atoms with Crippen LogP contribution in [0.1, 0.15) is 0 Å². The van der Waals surface area contributed by atoms with Crippen LogP contribution in [-0.4, -0.2) is 9.97 Å². The Morgan fingerprint density at radius 3 is 1.11 bits per heavy atom. The molecule has 4 N–H and O–H groups in total. The van der Waals surface area contributed by atoms with Gasteiger partial charge in [0.25, 0.3) is 0 Å². The number of hydrogen-bond acceptors (Lipinski definition) is 7. The smallest absolute Gasteiger partial charge is 0.0692 e. The monoisotopic (exact) mass is 754 g/mol. The van der Waals surface area contributed by atoms with E-state index < -0.39 is 0 Å². The molecule has 0 aliphatic heterocycles. The van der Waals surface area contributed by atoms with Crippen LogP contribution in [0.5, 0.6) is 0 Å². The number of rotatable bonds is 10. The van der Waals surface area contributed by atoms with Gasteiger partial charge in [-0.05, 0) is 118 Å². The summed E-state index contributed by atoms with van der Waals surface area (Å²) in [6.07, 6.45) is 7.28. The molecule has 9 rings (SSSR count). The predicted octanol–water partition coefficient (Wildman–Crippen LogP) is 13.3. The fraction of sp³-hybridized carbons (Fsp3) is 0. The summed E-state index contributed by atoms with van der Waals surface area (Å²) < 4.78 is 0. The number of nitrogen functional groups attached to an aromatic ring is 2. The molecule has 0 saturated heterocycles. The quantitative estimate of drug-likeness (QED) is 0.135. The zero-order chi connectivity index (χ0) is 38.6. The molecule has 0 aliphatic carbocycles. The molecule has 57 heavy (non-hydrogen) atoms. The standard InChI is InChI=1S/C50H38N6S/c51-45-31-39(19-25-47(45)55(43-13-7-29-53-33-43)41-21-15-37(16-22-41)35-9-3-1-4-10-35)49-27-28-50(57-49)40-20-26-48(46(52)32-40)56(44-14-8-30-54-34-44)42-23-17-38(18-24-42)36-11-5-2-6-12-36/h1-34H,51-52H2. The van der Waals surface area contributed by atoms with Crippen molar-refractivity contribution in [3.8, 4) is 43.1 Å². The van der Waals surface area contributed by atoms with Crippen molar-refractivity contribution in [2.75, 3.05) is 21.3 Å². The molecule has 7 heteroatoms. The van der Waals surface area contributed by atoms with E-state index in [1.54, 1.807) is 23.7 Å². The lowest BCUT2D eigenvalue weighted by Crippen LogP contribution is -2.12. The van der Waals surface area contributed by atoms with Gasteiger partial charge in [-0.1, -0.05) is 97.1 Å². The molecule has 3 aromatic heterocycles. The number of nitrogens with zero attached hydrogens (tertiary/aromatic N) is 4. The minimum absolute atomic E-state index is 0.666.